The molecule has 3 heterocycles. The maximum absolute atomic E-state index is 4.39. The molecule has 0 spiro atoms. The Bertz CT molecular complexity index is 542. The molecule has 0 saturated carbocycles. The zero-order chi connectivity index (χ0) is 12.5. The highest BCUT2D eigenvalue weighted by atomic mass is 15.3. The first-order valence-corrected chi connectivity index (χ1v) is 6.24. The third kappa shape index (κ3) is 1.96. The van der Waals surface area contributed by atoms with Crippen molar-refractivity contribution in [2.45, 2.75) is 20.4 Å². The lowest BCUT2D eigenvalue weighted by Crippen LogP contribution is -2.49. The summed E-state index contributed by atoms with van der Waals surface area (Å²) in [5.74, 6) is 2.79. The summed E-state index contributed by atoms with van der Waals surface area (Å²) < 4.78 is 2.21. The standard InChI is InChI=1S/C13H17N5/c1-10-13(16-4-3-14-10)18-8-12(9-18)7-17-6-5-15-11(17)2/h3-6,12H,7-9H2,1-2H3. The minimum Gasteiger partial charge on any atom is -0.354 e. The molecule has 0 radical (unpaired) electrons. The lowest BCUT2D eigenvalue weighted by molar-refractivity contribution is 0.351. The van der Waals surface area contributed by atoms with E-state index in [1.54, 1.807) is 12.4 Å². The Labute approximate surface area is 107 Å². The van der Waals surface area contributed by atoms with Crippen LogP contribution < -0.4 is 4.90 Å². The predicted molar refractivity (Wildman–Crippen MR) is 69.4 cm³/mol. The van der Waals surface area contributed by atoms with E-state index in [9.17, 15) is 0 Å². The monoisotopic (exact) mass is 243 g/mol. The fourth-order valence-electron chi connectivity index (χ4n) is 2.44. The average Bonchev–Trinajstić information content (AvgIpc) is 2.70. The smallest absolute Gasteiger partial charge is 0.150 e. The van der Waals surface area contributed by atoms with Crippen LogP contribution in [0.2, 0.25) is 0 Å². The third-order valence-electron chi connectivity index (χ3n) is 3.49. The largest absolute Gasteiger partial charge is 0.354 e. The molecule has 1 aliphatic rings. The van der Waals surface area contributed by atoms with Crippen LogP contribution in [-0.4, -0.2) is 32.6 Å². The van der Waals surface area contributed by atoms with Crippen molar-refractivity contribution in [3.63, 3.8) is 0 Å². The zero-order valence-electron chi connectivity index (χ0n) is 10.7. The van der Waals surface area contributed by atoms with Crippen molar-refractivity contribution in [3.05, 3.63) is 36.3 Å². The van der Waals surface area contributed by atoms with Crippen molar-refractivity contribution >= 4 is 5.82 Å². The van der Waals surface area contributed by atoms with Gasteiger partial charge in [0.1, 0.15) is 11.6 Å². The summed E-state index contributed by atoms with van der Waals surface area (Å²) in [7, 11) is 0. The molecule has 5 nitrogen and oxygen atoms in total. The third-order valence-corrected chi connectivity index (χ3v) is 3.49. The van der Waals surface area contributed by atoms with Gasteiger partial charge in [-0.3, -0.25) is 4.98 Å². The van der Waals surface area contributed by atoms with Crippen molar-refractivity contribution < 1.29 is 0 Å². The molecule has 94 valence electrons. The summed E-state index contributed by atoms with van der Waals surface area (Å²) in [6.45, 7) is 7.20. The number of aryl methyl sites for hydroxylation is 2. The minimum absolute atomic E-state index is 0.680. The summed E-state index contributed by atoms with van der Waals surface area (Å²) in [6.07, 6.45) is 7.41. The number of aromatic nitrogens is 4. The highest BCUT2D eigenvalue weighted by Crippen LogP contribution is 2.25. The summed E-state index contributed by atoms with van der Waals surface area (Å²) >= 11 is 0. The Morgan fingerprint density at radius 2 is 1.89 bits per heavy atom. The van der Waals surface area contributed by atoms with Crippen LogP contribution >= 0.6 is 0 Å². The van der Waals surface area contributed by atoms with Crippen molar-refractivity contribution in [2.24, 2.45) is 5.92 Å². The van der Waals surface area contributed by atoms with Gasteiger partial charge in [-0.2, -0.15) is 0 Å². The molecule has 0 aliphatic carbocycles. The molecule has 18 heavy (non-hydrogen) atoms. The van der Waals surface area contributed by atoms with Gasteiger partial charge in [-0.25, -0.2) is 9.97 Å². The Hall–Kier alpha value is -1.91. The highest BCUT2D eigenvalue weighted by Gasteiger charge is 2.29. The van der Waals surface area contributed by atoms with Gasteiger partial charge in [-0.05, 0) is 13.8 Å². The molecule has 5 heteroatoms. The van der Waals surface area contributed by atoms with E-state index in [0.717, 1.165) is 37.0 Å². The molecule has 3 rings (SSSR count). The Kier molecular flexibility index (Phi) is 2.74. The van der Waals surface area contributed by atoms with Gasteiger partial charge in [-0.1, -0.05) is 0 Å². The topological polar surface area (TPSA) is 46.8 Å². The van der Waals surface area contributed by atoms with Crippen molar-refractivity contribution in [3.8, 4) is 0 Å². The number of hydrogen-bond acceptors (Lipinski definition) is 4. The Morgan fingerprint density at radius 1 is 1.11 bits per heavy atom. The Morgan fingerprint density at radius 3 is 2.56 bits per heavy atom. The van der Waals surface area contributed by atoms with Crippen molar-refractivity contribution in [1.29, 1.82) is 0 Å². The van der Waals surface area contributed by atoms with Gasteiger partial charge >= 0.3 is 0 Å². The molecule has 0 unspecified atom stereocenters. The van der Waals surface area contributed by atoms with E-state index in [-0.39, 0.29) is 0 Å². The maximum Gasteiger partial charge on any atom is 0.150 e. The summed E-state index contributed by atoms with van der Waals surface area (Å²) in [5, 5.41) is 0. The molecule has 0 bridgehead atoms. The molecule has 0 atom stereocenters. The van der Waals surface area contributed by atoms with Crippen LogP contribution in [-0.2, 0) is 6.54 Å². The molecule has 1 fully saturated rings. The van der Waals surface area contributed by atoms with Crippen LogP contribution in [0.25, 0.3) is 0 Å². The molecular formula is C13H17N5. The quantitative estimate of drug-likeness (QED) is 0.818. The van der Waals surface area contributed by atoms with E-state index in [2.05, 4.69) is 24.4 Å². The fraction of sp³-hybridized carbons (Fsp3) is 0.462. The van der Waals surface area contributed by atoms with Crippen LogP contribution in [0.3, 0.4) is 0 Å². The van der Waals surface area contributed by atoms with Gasteiger partial charge in [0.25, 0.3) is 0 Å². The van der Waals surface area contributed by atoms with Gasteiger partial charge in [0.15, 0.2) is 0 Å². The summed E-state index contributed by atoms with van der Waals surface area (Å²) in [5.41, 5.74) is 1.01. The van der Waals surface area contributed by atoms with E-state index >= 15 is 0 Å². The summed E-state index contributed by atoms with van der Waals surface area (Å²) in [4.78, 5) is 15.2. The van der Waals surface area contributed by atoms with Crippen LogP contribution in [0.15, 0.2) is 24.8 Å². The lowest BCUT2D eigenvalue weighted by atomic mass is 10.00. The van der Waals surface area contributed by atoms with Gasteiger partial charge in [0.05, 0.1) is 5.69 Å². The van der Waals surface area contributed by atoms with Crippen LogP contribution in [0.1, 0.15) is 11.5 Å². The predicted octanol–water partition coefficient (Wildman–Crippen LogP) is 1.43. The summed E-state index contributed by atoms with van der Waals surface area (Å²) in [6, 6.07) is 0. The lowest BCUT2D eigenvalue weighted by Gasteiger charge is -2.40. The van der Waals surface area contributed by atoms with E-state index in [1.807, 2.05) is 26.2 Å². The van der Waals surface area contributed by atoms with Gasteiger partial charge in [-0.15, -0.1) is 0 Å². The highest BCUT2D eigenvalue weighted by molar-refractivity contribution is 5.44. The molecule has 0 amide bonds. The fourth-order valence-corrected chi connectivity index (χ4v) is 2.44. The minimum atomic E-state index is 0.680. The second-order valence-corrected chi connectivity index (χ2v) is 4.86. The molecule has 2 aromatic rings. The van der Waals surface area contributed by atoms with E-state index in [0.29, 0.717) is 5.92 Å². The maximum atomic E-state index is 4.39. The number of hydrogen-bond donors (Lipinski definition) is 0. The molecule has 1 saturated heterocycles. The molecular weight excluding hydrogens is 226 g/mol. The van der Waals surface area contributed by atoms with Gasteiger partial charge in [0.2, 0.25) is 0 Å². The molecule has 1 aliphatic heterocycles. The first-order valence-electron chi connectivity index (χ1n) is 6.24. The zero-order valence-corrected chi connectivity index (χ0v) is 10.7. The molecule has 0 aromatic carbocycles. The van der Waals surface area contributed by atoms with E-state index < -0.39 is 0 Å². The second kappa shape index (κ2) is 4.40. The number of rotatable bonds is 3. The van der Waals surface area contributed by atoms with Crippen molar-refractivity contribution in [2.75, 3.05) is 18.0 Å². The van der Waals surface area contributed by atoms with Crippen LogP contribution in [0.5, 0.6) is 0 Å². The normalized spacial score (nSPS) is 15.8. The van der Waals surface area contributed by atoms with Crippen LogP contribution in [0.4, 0.5) is 5.82 Å². The number of imidazole rings is 1. The van der Waals surface area contributed by atoms with E-state index in [1.165, 1.54) is 0 Å². The molecule has 2 aromatic heterocycles. The van der Waals surface area contributed by atoms with Crippen molar-refractivity contribution in [1.82, 2.24) is 19.5 Å². The van der Waals surface area contributed by atoms with Gasteiger partial charge in [0, 0.05) is 50.3 Å². The second-order valence-electron chi connectivity index (χ2n) is 4.86. The SMILES string of the molecule is Cc1nccnc1N1CC(Cn2ccnc2C)C1. The van der Waals surface area contributed by atoms with Crippen LogP contribution in [0, 0.1) is 19.8 Å². The first kappa shape index (κ1) is 11.2. The number of nitrogens with zero attached hydrogens (tertiary/aromatic N) is 5. The average molecular weight is 243 g/mol. The van der Waals surface area contributed by atoms with E-state index in [4.69, 9.17) is 0 Å². The number of anilines is 1. The first-order chi connectivity index (χ1) is 8.74. The van der Waals surface area contributed by atoms with Gasteiger partial charge < -0.3 is 9.47 Å². The Balaban J connectivity index is 1.61. The molecule has 0 N–H and O–H groups in total.